The van der Waals surface area contributed by atoms with Crippen molar-refractivity contribution in [2.45, 2.75) is 12.3 Å². The molecule has 1 unspecified atom stereocenters. The van der Waals surface area contributed by atoms with Crippen molar-refractivity contribution in [3.05, 3.63) is 162 Å². The second kappa shape index (κ2) is 7.66. The number of hydrogen-bond acceptors (Lipinski definition) is 0. The molecule has 0 aromatic heterocycles. The minimum absolute atomic E-state index is 0.371. The topological polar surface area (TPSA) is 0 Å². The van der Waals surface area contributed by atoms with Gasteiger partial charge in [-0.1, -0.05) is 133 Å². The molecule has 0 radical (unpaired) electrons. The van der Waals surface area contributed by atoms with Crippen LogP contribution in [0.3, 0.4) is 0 Å². The van der Waals surface area contributed by atoms with Crippen molar-refractivity contribution in [1.29, 1.82) is 0 Å². The van der Waals surface area contributed by atoms with Crippen molar-refractivity contribution in [1.82, 2.24) is 0 Å². The molecule has 1 spiro atoms. The predicted molar refractivity (Wildman–Crippen MR) is 160 cm³/mol. The third kappa shape index (κ3) is 2.65. The van der Waals surface area contributed by atoms with Gasteiger partial charge in [-0.3, -0.25) is 0 Å². The lowest BCUT2D eigenvalue weighted by Gasteiger charge is -2.40. The minimum atomic E-state index is -0.371. The van der Waals surface area contributed by atoms with Crippen molar-refractivity contribution < 1.29 is 0 Å². The Morgan fingerprint density at radius 3 is 1.76 bits per heavy atom. The van der Waals surface area contributed by atoms with Gasteiger partial charge in [0.15, 0.2) is 0 Å². The molecule has 0 nitrogen and oxygen atoms in total. The predicted octanol–water partition coefficient (Wildman–Crippen LogP) is 9.88. The molecular weight excluding hydrogens is 456 g/mol. The van der Waals surface area contributed by atoms with E-state index in [9.17, 15) is 0 Å². The molecule has 0 fully saturated rings. The fraction of sp³-hybridized carbons (Fsp3) is 0.0526. The van der Waals surface area contributed by atoms with E-state index in [1.165, 1.54) is 72.0 Å². The molecule has 0 amide bonds. The van der Waals surface area contributed by atoms with Crippen LogP contribution in [0.2, 0.25) is 0 Å². The smallest absolute Gasteiger partial charge is 0.0725 e. The molecule has 178 valence electrons. The summed E-state index contributed by atoms with van der Waals surface area (Å²) in [6.45, 7) is 6.17. The average Bonchev–Trinajstić information content (AvgIpc) is 3.26. The second-order valence-electron chi connectivity index (χ2n) is 10.7. The SMILES string of the molecule is C=C(C)c1ccc(-c2ccc3c(c2)C2(c4ccccc4-3)c3ccccc3-c3cccc4cccc2c34)cc1. The number of hydrogen-bond donors (Lipinski definition) is 0. The monoisotopic (exact) mass is 482 g/mol. The van der Waals surface area contributed by atoms with E-state index >= 15 is 0 Å². The lowest BCUT2D eigenvalue weighted by atomic mass is 9.61. The summed E-state index contributed by atoms with van der Waals surface area (Å²) in [7, 11) is 0. The van der Waals surface area contributed by atoms with Gasteiger partial charge in [0, 0.05) is 0 Å². The lowest BCUT2D eigenvalue weighted by Crippen LogP contribution is -2.31. The van der Waals surface area contributed by atoms with Gasteiger partial charge in [-0.25, -0.2) is 0 Å². The van der Waals surface area contributed by atoms with Gasteiger partial charge >= 0.3 is 0 Å². The minimum Gasteiger partial charge on any atom is -0.0955 e. The van der Waals surface area contributed by atoms with Gasteiger partial charge in [0.25, 0.3) is 0 Å². The molecule has 6 aromatic carbocycles. The maximum Gasteiger partial charge on any atom is 0.0725 e. The van der Waals surface area contributed by atoms with Gasteiger partial charge in [-0.05, 0) is 85.0 Å². The molecule has 0 N–H and O–H groups in total. The van der Waals surface area contributed by atoms with Crippen LogP contribution in [0.15, 0.2) is 134 Å². The molecule has 0 saturated heterocycles. The van der Waals surface area contributed by atoms with E-state index in [0.29, 0.717) is 0 Å². The van der Waals surface area contributed by atoms with E-state index in [4.69, 9.17) is 0 Å². The van der Waals surface area contributed by atoms with Crippen molar-refractivity contribution in [2.75, 3.05) is 0 Å². The van der Waals surface area contributed by atoms with Crippen LogP contribution in [0.25, 0.3) is 49.7 Å². The molecule has 6 aromatic rings. The first-order chi connectivity index (χ1) is 18.7. The number of rotatable bonds is 2. The van der Waals surface area contributed by atoms with E-state index in [1.807, 2.05) is 0 Å². The quantitative estimate of drug-likeness (QED) is 0.230. The van der Waals surface area contributed by atoms with E-state index in [2.05, 4.69) is 141 Å². The van der Waals surface area contributed by atoms with Crippen LogP contribution in [0.1, 0.15) is 34.7 Å². The van der Waals surface area contributed by atoms with E-state index < -0.39 is 0 Å². The molecule has 0 heteroatoms. The third-order valence-corrected chi connectivity index (χ3v) is 8.69. The summed E-state index contributed by atoms with van der Waals surface area (Å²) >= 11 is 0. The number of fused-ring (bicyclic) bond motifs is 9. The standard InChI is InChI=1S/C38H26/c1-24(2)25-17-19-26(20-18-25)28-21-22-31-29-11-3-5-14-33(29)38(36(31)23-28)34-15-6-4-12-30(34)32-13-7-9-27-10-8-16-35(38)37(27)32/h3-23H,1H2,2H3. The molecule has 8 rings (SSSR count). The summed E-state index contributed by atoms with van der Waals surface area (Å²) in [5.74, 6) is 0. The molecule has 2 aliphatic rings. The summed E-state index contributed by atoms with van der Waals surface area (Å²) in [5, 5.41) is 2.67. The zero-order valence-corrected chi connectivity index (χ0v) is 21.3. The highest BCUT2D eigenvalue weighted by Gasteiger charge is 2.49. The van der Waals surface area contributed by atoms with E-state index in [0.717, 1.165) is 5.57 Å². The Morgan fingerprint density at radius 1 is 0.500 bits per heavy atom. The molecule has 38 heavy (non-hydrogen) atoms. The molecule has 0 aliphatic heterocycles. The van der Waals surface area contributed by atoms with Crippen molar-refractivity contribution in [2.24, 2.45) is 0 Å². The molecule has 0 bridgehead atoms. The Morgan fingerprint density at radius 2 is 1.05 bits per heavy atom. The molecule has 0 saturated carbocycles. The average molecular weight is 483 g/mol. The Kier molecular flexibility index (Phi) is 4.32. The number of allylic oxidation sites excluding steroid dienone is 1. The first kappa shape index (κ1) is 21.4. The maximum absolute atomic E-state index is 4.11. The van der Waals surface area contributed by atoms with Crippen LogP contribution in [0.4, 0.5) is 0 Å². The highest BCUT2D eigenvalue weighted by atomic mass is 14.5. The molecule has 1 atom stereocenters. The van der Waals surface area contributed by atoms with Crippen LogP contribution in [-0.4, -0.2) is 0 Å². The third-order valence-electron chi connectivity index (χ3n) is 8.69. The summed E-state index contributed by atoms with van der Waals surface area (Å²) in [6.07, 6.45) is 0. The zero-order chi connectivity index (χ0) is 25.4. The van der Waals surface area contributed by atoms with E-state index in [-0.39, 0.29) is 5.41 Å². The molecule has 2 aliphatic carbocycles. The Bertz CT molecular complexity index is 1930. The maximum atomic E-state index is 4.11. The van der Waals surface area contributed by atoms with Crippen LogP contribution in [-0.2, 0) is 5.41 Å². The van der Waals surface area contributed by atoms with Gasteiger partial charge in [0.1, 0.15) is 0 Å². The normalized spacial score (nSPS) is 16.2. The second-order valence-corrected chi connectivity index (χ2v) is 10.7. The zero-order valence-electron chi connectivity index (χ0n) is 21.3. The highest BCUT2D eigenvalue weighted by Crippen LogP contribution is 2.62. The molecule has 0 heterocycles. The summed E-state index contributed by atoms with van der Waals surface area (Å²) in [6, 6.07) is 47.6. The largest absolute Gasteiger partial charge is 0.0955 e. The van der Waals surface area contributed by atoms with Gasteiger partial charge in [0.2, 0.25) is 0 Å². The van der Waals surface area contributed by atoms with Crippen LogP contribution in [0, 0.1) is 0 Å². The fourth-order valence-electron chi connectivity index (χ4n) is 7.05. The number of benzene rings is 6. The van der Waals surface area contributed by atoms with Crippen LogP contribution in [0.5, 0.6) is 0 Å². The summed E-state index contributed by atoms with van der Waals surface area (Å²) in [4.78, 5) is 0. The fourth-order valence-corrected chi connectivity index (χ4v) is 7.05. The first-order valence-electron chi connectivity index (χ1n) is 13.3. The lowest BCUT2D eigenvalue weighted by molar-refractivity contribution is 0.774. The van der Waals surface area contributed by atoms with Crippen molar-refractivity contribution in [3.63, 3.8) is 0 Å². The van der Waals surface area contributed by atoms with Crippen molar-refractivity contribution >= 4 is 16.3 Å². The Hall–Kier alpha value is -4.68. The van der Waals surface area contributed by atoms with Crippen LogP contribution < -0.4 is 0 Å². The van der Waals surface area contributed by atoms with Crippen molar-refractivity contribution in [3.8, 4) is 33.4 Å². The van der Waals surface area contributed by atoms with E-state index in [1.54, 1.807) is 0 Å². The molecular formula is C38H26. The Labute approximate surface area is 223 Å². The van der Waals surface area contributed by atoms with Gasteiger partial charge in [-0.2, -0.15) is 0 Å². The highest BCUT2D eigenvalue weighted by molar-refractivity contribution is 6.07. The van der Waals surface area contributed by atoms with Gasteiger partial charge in [-0.15, -0.1) is 0 Å². The summed E-state index contributed by atoms with van der Waals surface area (Å²) in [5.41, 5.74) is 15.2. The summed E-state index contributed by atoms with van der Waals surface area (Å²) < 4.78 is 0. The Balaban J connectivity index is 1.51. The van der Waals surface area contributed by atoms with Gasteiger partial charge < -0.3 is 0 Å². The van der Waals surface area contributed by atoms with Crippen LogP contribution >= 0.6 is 0 Å². The first-order valence-corrected chi connectivity index (χ1v) is 13.3. The van der Waals surface area contributed by atoms with Gasteiger partial charge in [0.05, 0.1) is 5.41 Å².